The van der Waals surface area contributed by atoms with Crippen LogP contribution in [0.3, 0.4) is 0 Å². The maximum atomic E-state index is 13.6. The molecule has 0 spiro atoms. The van der Waals surface area contributed by atoms with Crippen molar-refractivity contribution in [2.24, 2.45) is 5.92 Å². The molecule has 0 amide bonds. The molecule has 1 heterocycles. The van der Waals surface area contributed by atoms with Crippen molar-refractivity contribution < 1.29 is 14.2 Å². The molecule has 0 aliphatic heterocycles. The summed E-state index contributed by atoms with van der Waals surface area (Å²) in [6, 6.07) is 9.53. The second kappa shape index (κ2) is 9.32. The summed E-state index contributed by atoms with van der Waals surface area (Å²) in [4.78, 5) is 4.56. The normalized spacial score (nSPS) is 20.6. The molecule has 2 aromatic rings. The van der Waals surface area contributed by atoms with Gasteiger partial charge in [0, 0.05) is 18.5 Å². The van der Waals surface area contributed by atoms with E-state index in [0.717, 1.165) is 30.5 Å². The molecule has 0 bridgehead atoms. The van der Waals surface area contributed by atoms with Gasteiger partial charge in [-0.2, -0.15) is 0 Å². The van der Waals surface area contributed by atoms with E-state index in [2.05, 4.69) is 24.0 Å². The van der Waals surface area contributed by atoms with Crippen LogP contribution in [0.25, 0.3) is 0 Å². The fourth-order valence-corrected chi connectivity index (χ4v) is 4.30. The van der Waals surface area contributed by atoms with Crippen LogP contribution in [0.1, 0.15) is 67.7 Å². The molecule has 1 saturated carbocycles. The zero-order valence-electron chi connectivity index (χ0n) is 16.3. The van der Waals surface area contributed by atoms with Gasteiger partial charge in [-0.25, -0.2) is 4.39 Å². The van der Waals surface area contributed by atoms with E-state index in [0.29, 0.717) is 23.5 Å². The number of rotatable bonds is 8. The van der Waals surface area contributed by atoms with Gasteiger partial charge in [-0.15, -0.1) is 0 Å². The number of aliphatic hydroxyl groups is 1. The molecule has 3 rings (SSSR count). The maximum Gasteiger partial charge on any atom is 0.165 e. The van der Waals surface area contributed by atoms with Gasteiger partial charge in [-0.05, 0) is 85.6 Å². The highest BCUT2D eigenvalue weighted by molar-refractivity contribution is 5.32. The van der Waals surface area contributed by atoms with Crippen molar-refractivity contribution in [1.29, 1.82) is 0 Å². The lowest BCUT2D eigenvalue weighted by Crippen LogP contribution is -2.04. The maximum absolute atomic E-state index is 13.6. The van der Waals surface area contributed by atoms with Crippen molar-refractivity contribution in [2.45, 2.75) is 57.3 Å². The lowest BCUT2D eigenvalue weighted by Gasteiger charge is -2.18. The topological polar surface area (TPSA) is 42.4 Å². The fraction of sp³-hybridized carbons (Fsp3) is 0.522. The van der Waals surface area contributed by atoms with Gasteiger partial charge in [0.15, 0.2) is 11.6 Å². The van der Waals surface area contributed by atoms with Crippen molar-refractivity contribution in [3.05, 3.63) is 59.2 Å². The molecule has 1 aliphatic carbocycles. The smallest absolute Gasteiger partial charge is 0.165 e. The average molecular weight is 371 g/mol. The molecule has 0 saturated heterocycles. The van der Waals surface area contributed by atoms with Gasteiger partial charge in [-0.3, -0.25) is 4.98 Å². The quantitative estimate of drug-likeness (QED) is 0.691. The lowest BCUT2D eigenvalue weighted by molar-refractivity contribution is 0.288. The average Bonchev–Trinajstić information content (AvgIpc) is 3.15. The molecule has 1 aromatic carbocycles. The third-order valence-corrected chi connectivity index (χ3v) is 5.88. The fourth-order valence-electron chi connectivity index (χ4n) is 4.30. The second-order valence-electron chi connectivity index (χ2n) is 7.82. The van der Waals surface area contributed by atoms with E-state index in [9.17, 15) is 4.39 Å². The largest absolute Gasteiger partial charge is 0.494 e. The molecule has 3 atom stereocenters. The summed E-state index contributed by atoms with van der Waals surface area (Å²) < 4.78 is 18.7. The van der Waals surface area contributed by atoms with Gasteiger partial charge in [-0.1, -0.05) is 19.1 Å². The molecule has 0 unspecified atom stereocenters. The van der Waals surface area contributed by atoms with E-state index in [4.69, 9.17) is 9.84 Å². The molecule has 4 heteroatoms. The highest BCUT2D eigenvalue weighted by Gasteiger charge is 2.27. The van der Waals surface area contributed by atoms with Crippen LogP contribution in [0.15, 0.2) is 36.5 Å². The number of hydrogen-bond donors (Lipinski definition) is 1. The Hall–Kier alpha value is -1.94. The zero-order chi connectivity index (χ0) is 19.2. The van der Waals surface area contributed by atoms with Gasteiger partial charge in [0.1, 0.15) is 0 Å². The SMILES string of the molecule is COc1cc([C@@H](C)C[C@H]2CC[C@@H](c3ccc(CCCO)nc3)C2)ccc1F. The summed E-state index contributed by atoms with van der Waals surface area (Å²) in [6.07, 6.45) is 8.38. The van der Waals surface area contributed by atoms with Gasteiger partial charge in [0.25, 0.3) is 0 Å². The Morgan fingerprint density at radius 1 is 1.26 bits per heavy atom. The van der Waals surface area contributed by atoms with E-state index in [-0.39, 0.29) is 12.4 Å². The Bertz CT molecular complexity index is 732. The van der Waals surface area contributed by atoms with Crippen molar-refractivity contribution in [3.63, 3.8) is 0 Å². The van der Waals surface area contributed by atoms with Crippen molar-refractivity contribution in [1.82, 2.24) is 4.98 Å². The first-order chi connectivity index (χ1) is 13.1. The third kappa shape index (κ3) is 5.07. The molecule has 1 N–H and O–H groups in total. The van der Waals surface area contributed by atoms with Crippen LogP contribution in [0, 0.1) is 11.7 Å². The number of nitrogens with zero attached hydrogens (tertiary/aromatic N) is 1. The Labute approximate surface area is 161 Å². The predicted molar refractivity (Wildman–Crippen MR) is 106 cm³/mol. The summed E-state index contributed by atoms with van der Waals surface area (Å²) in [5, 5.41) is 8.93. The van der Waals surface area contributed by atoms with E-state index in [1.807, 2.05) is 18.3 Å². The molecule has 146 valence electrons. The number of ether oxygens (including phenoxy) is 1. The highest BCUT2D eigenvalue weighted by Crippen LogP contribution is 2.42. The molecule has 27 heavy (non-hydrogen) atoms. The van der Waals surface area contributed by atoms with E-state index in [1.165, 1.54) is 38.0 Å². The Kier molecular flexibility index (Phi) is 6.84. The molecule has 1 aromatic heterocycles. The van der Waals surface area contributed by atoms with Gasteiger partial charge < -0.3 is 9.84 Å². The number of aromatic nitrogens is 1. The Balaban J connectivity index is 1.56. The van der Waals surface area contributed by atoms with Crippen LogP contribution in [0.2, 0.25) is 0 Å². The minimum Gasteiger partial charge on any atom is -0.494 e. The van der Waals surface area contributed by atoms with Crippen LogP contribution >= 0.6 is 0 Å². The highest BCUT2D eigenvalue weighted by atomic mass is 19.1. The van der Waals surface area contributed by atoms with Gasteiger partial charge in [0.2, 0.25) is 0 Å². The van der Waals surface area contributed by atoms with Gasteiger partial charge >= 0.3 is 0 Å². The summed E-state index contributed by atoms with van der Waals surface area (Å²) in [7, 11) is 1.51. The molecule has 1 aliphatic rings. The summed E-state index contributed by atoms with van der Waals surface area (Å²) in [6.45, 7) is 2.43. The first kappa shape index (κ1) is 19.8. The number of pyridine rings is 1. The first-order valence-corrected chi connectivity index (χ1v) is 9.99. The van der Waals surface area contributed by atoms with Crippen LogP contribution in [-0.4, -0.2) is 23.8 Å². The van der Waals surface area contributed by atoms with Crippen LogP contribution in [-0.2, 0) is 6.42 Å². The standard InChI is InChI=1S/C23H30FNO2/c1-16(18-8-10-22(24)23(14-18)27-2)12-17-5-6-19(13-17)20-7-9-21(25-15-20)4-3-11-26/h7-10,14-17,19,26H,3-6,11-13H2,1-2H3/t16-,17+,19+/m0/s1. The predicted octanol–water partition coefficient (Wildman–Crippen LogP) is 5.23. The Morgan fingerprint density at radius 2 is 2.11 bits per heavy atom. The van der Waals surface area contributed by atoms with E-state index < -0.39 is 0 Å². The monoisotopic (exact) mass is 371 g/mol. The van der Waals surface area contributed by atoms with Crippen LogP contribution in [0.4, 0.5) is 4.39 Å². The van der Waals surface area contributed by atoms with Crippen molar-refractivity contribution >= 4 is 0 Å². The van der Waals surface area contributed by atoms with Gasteiger partial charge in [0.05, 0.1) is 7.11 Å². The molecule has 3 nitrogen and oxygen atoms in total. The zero-order valence-corrected chi connectivity index (χ0v) is 16.3. The molecule has 1 fully saturated rings. The summed E-state index contributed by atoms with van der Waals surface area (Å²) in [5.41, 5.74) is 3.54. The van der Waals surface area contributed by atoms with Crippen molar-refractivity contribution in [3.8, 4) is 5.75 Å². The molecule has 0 radical (unpaired) electrons. The minimum absolute atomic E-state index is 0.214. The summed E-state index contributed by atoms with van der Waals surface area (Å²) >= 11 is 0. The first-order valence-electron chi connectivity index (χ1n) is 9.99. The lowest BCUT2D eigenvalue weighted by atomic mass is 9.88. The number of methoxy groups -OCH3 is 1. The Morgan fingerprint density at radius 3 is 2.81 bits per heavy atom. The summed E-state index contributed by atoms with van der Waals surface area (Å²) in [5.74, 6) is 1.70. The van der Waals surface area contributed by atoms with E-state index in [1.54, 1.807) is 0 Å². The van der Waals surface area contributed by atoms with Crippen LogP contribution < -0.4 is 4.74 Å². The number of benzene rings is 1. The number of aryl methyl sites for hydroxylation is 1. The van der Waals surface area contributed by atoms with E-state index >= 15 is 0 Å². The second-order valence-corrected chi connectivity index (χ2v) is 7.82. The van der Waals surface area contributed by atoms with Crippen molar-refractivity contribution in [2.75, 3.05) is 13.7 Å². The number of halogens is 1. The molecular weight excluding hydrogens is 341 g/mol. The minimum atomic E-state index is -0.302. The third-order valence-electron chi connectivity index (χ3n) is 5.88. The van der Waals surface area contributed by atoms with Crippen LogP contribution in [0.5, 0.6) is 5.75 Å². The number of aliphatic hydroxyl groups excluding tert-OH is 1. The number of hydrogen-bond acceptors (Lipinski definition) is 3. The molecular formula is C23H30FNO2.